The number of halogens is 1. The van der Waals surface area contributed by atoms with Gasteiger partial charge in [-0.15, -0.1) is 23.4 Å². The molecule has 0 saturated heterocycles. The Balaban J connectivity index is 1.73. The van der Waals surface area contributed by atoms with Crippen LogP contribution in [0.15, 0.2) is 23.1 Å². The number of benzene rings is 1. The molecule has 0 bridgehead atoms. The quantitative estimate of drug-likeness (QED) is 0.304. The van der Waals surface area contributed by atoms with Gasteiger partial charge in [0.05, 0.1) is 4.90 Å². The highest BCUT2D eigenvalue weighted by atomic mass is 35.5. The first-order valence-corrected chi connectivity index (χ1v) is 9.43. The zero-order chi connectivity index (χ0) is 15.1. The summed E-state index contributed by atoms with van der Waals surface area (Å²) in [6.07, 6.45) is 9.08. The Labute approximate surface area is 136 Å². The lowest BCUT2D eigenvalue weighted by atomic mass is 9.79. The minimum absolute atomic E-state index is 0.205. The van der Waals surface area contributed by atoms with E-state index in [4.69, 9.17) is 11.6 Å². The lowest BCUT2D eigenvalue weighted by molar-refractivity contribution is 0.254. The summed E-state index contributed by atoms with van der Waals surface area (Å²) in [5.41, 5.74) is 0. The smallest absolute Gasteiger partial charge is 0.129 e. The zero-order valence-electron chi connectivity index (χ0n) is 12.4. The van der Waals surface area contributed by atoms with Crippen LogP contribution in [0.5, 0.6) is 11.5 Å². The van der Waals surface area contributed by atoms with Crippen molar-refractivity contribution in [3.05, 3.63) is 18.2 Å². The summed E-state index contributed by atoms with van der Waals surface area (Å²) in [6.45, 7) is 0. The molecule has 1 saturated carbocycles. The number of aromatic hydroxyl groups is 2. The maximum Gasteiger partial charge on any atom is 0.129 e. The van der Waals surface area contributed by atoms with E-state index in [9.17, 15) is 10.2 Å². The number of alkyl halides is 1. The fourth-order valence-electron chi connectivity index (χ4n) is 3.19. The van der Waals surface area contributed by atoms with Gasteiger partial charge in [-0.05, 0) is 48.6 Å². The van der Waals surface area contributed by atoms with E-state index >= 15 is 0 Å². The Hall–Kier alpha value is -0.540. The van der Waals surface area contributed by atoms with Gasteiger partial charge in [-0.25, -0.2) is 0 Å². The molecule has 2 rings (SSSR count). The van der Waals surface area contributed by atoms with E-state index < -0.39 is 0 Å². The molecule has 1 aliphatic rings. The third-order valence-corrected chi connectivity index (χ3v) is 5.96. The van der Waals surface area contributed by atoms with Crippen LogP contribution in [0.2, 0.25) is 0 Å². The average Bonchev–Trinajstić information content (AvgIpc) is 2.51. The second kappa shape index (κ2) is 8.79. The van der Waals surface area contributed by atoms with Crippen molar-refractivity contribution in [3.63, 3.8) is 0 Å². The van der Waals surface area contributed by atoms with Gasteiger partial charge >= 0.3 is 0 Å². The third kappa shape index (κ3) is 5.30. The molecule has 21 heavy (non-hydrogen) atoms. The van der Waals surface area contributed by atoms with Crippen molar-refractivity contribution in [1.82, 2.24) is 0 Å². The van der Waals surface area contributed by atoms with Gasteiger partial charge in [-0.1, -0.05) is 32.1 Å². The van der Waals surface area contributed by atoms with Crippen LogP contribution in [0.4, 0.5) is 0 Å². The lowest BCUT2D eigenvalue weighted by Crippen LogP contribution is -2.19. The molecule has 118 valence electrons. The summed E-state index contributed by atoms with van der Waals surface area (Å²) in [5, 5.41) is 19.2. The first-order valence-electron chi connectivity index (χ1n) is 7.91. The number of hydrogen-bond donors (Lipinski definition) is 2. The number of phenolic OH excluding ortho intramolecular Hbond substituents is 2. The van der Waals surface area contributed by atoms with E-state index in [2.05, 4.69) is 0 Å². The molecule has 1 aromatic rings. The molecule has 0 heterocycles. The van der Waals surface area contributed by atoms with Gasteiger partial charge in [0.2, 0.25) is 0 Å². The topological polar surface area (TPSA) is 40.5 Å². The van der Waals surface area contributed by atoms with Crippen LogP contribution in [0, 0.1) is 11.8 Å². The Bertz CT molecular complexity index is 433. The highest BCUT2D eigenvalue weighted by Crippen LogP contribution is 2.35. The minimum Gasteiger partial charge on any atom is -0.508 e. The maximum absolute atomic E-state index is 9.74. The van der Waals surface area contributed by atoms with Crippen molar-refractivity contribution >= 4 is 23.4 Å². The maximum atomic E-state index is 9.74. The van der Waals surface area contributed by atoms with Crippen LogP contribution in [0.1, 0.15) is 44.9 Å². The molecule has 2 nitrogen and oxygen atoms in total. The highest BCUT2D eigenvalue weighted by molar-refractivity contribution is 7.99. The normalized spacial score (nSPS) is 17.8. The Morgan fingerprint density at radius 1 is 1.19 bits per heavy atom. The van der Waals surface area contributed by atoms with Crippen molar-refractivity contribution in [3.8, 4) is 11.5 Å². The molecule has 0 amide bonds. The summed E-state index contributed by atoms with van der Waals surface area (Å²) >= 11 is 7.77. The van der Waals surface area contributed by atoms with Crippen molar-refractivity contribution in [2.24, 2.45) is 11.8 Å². The van der Waals surface area contributed by atoms with Gasteiger partial charge in [0.15, 0.2) is 0 Å². The number of phenols is 2. The van der Waals surface area contributed by atoms with Crippen molar-refractivity contribution in [2.75, 3.05) is 11.6 Å². The first-order chi connectivity index (χ1) is 10.2. The molecule has 0 aromatic heterocycles. The standard InChI is InChI=1S/C17H25ClO2S/c18-12-14(13-5-2-1-3-6-13)7-4-10-21-17-11-15(19)8-9-16(17)20/h8-9,11,13-14,19-20H,1-7,10,12H2. The Morgan fingerprint density at radius 3 is 2.67 bits per heavy atom. The van der Waals surface area contributed by atoms with Gasteiger partial charge in [0, 0.05) is 5.88 Å². The van der Waals surface area contributed by atoms with Crippen LogP contribution in [-0.2, 0) is 0 Å². The van der Waals surface area contributed by atoms with E-state index in [1.165, 1.54) is 44.6 Å². The van der Waals surface area contributed by atoms with Gasteiger partial charge < -0.3 is 10.2 Å². The van der Waals surface area contributed by atoms with Crippen molar-refractivity contribution in [2.45, 2.75) is 49.8 Å². The molecule has 0 radical (unpaired) electrons. The number of rotatable bonds is 7. The second-order valence-corrected chi connectivity index (χ2v) is 7.40. The first kappa shape index (κ1) is 16.8. The molecule has 1 fully saturated rings. The van der Waals surface area contributed by atoms with Gasteiger partial charge in [0.1, 0.15) is 11.5 Å². The van der Waals surface area contributed by atoms with Crippen LogP contribution >= 0.6 is 23.4 Å². The largest absolute Gasteiger partial charge is 0.508 e. The van der Waals surface area contributed by atoms with Crippen molar-refractivity contribution in [1.29, 1.82) is 0 Å². The number of hydrogen-bond acceptors (Lipinski definition) is 3. The molecule has 2 N–H and O–H groups in total. The van der Waals surface area contributed by atoms with E-state index in [-0.39, 0.29) is 11.5 Å². The molecule has 1 aliphatic carbocycles. The number of thioether (sulfide) groups is 1. The third-order valence-electron chi connectivity index (χ3n) is 4.43. The molecular formula is C17H25ClO2S. The van der Waals surface area contributed by atoms with Crippen LogP contribution in [-0.4, -0.2) is 21.8 Å². The summed E-state index contributed by atoms with van der Waals surface area (Å²) in [4.78, 5) is 0.759. The van der Waals surface area contributed by atoms with Crippen LogP contribution in [0.25, 0.3) is 0 Å². The predicted molar refractivity (Wildman–Crippen MR) is 90.5 cm³/mol. The summed E-state index contributed by atoms with van der Waals surface area (Å²) in [7, 11) is 0. The molecule has 0 spiro atoms. The zero-order valence-corrected chi connectivity index (χ0v) is 14.0. The molecule has 1 aromatic carbocycles. The van der Waals surface area contributed by atoms with E-state index in [1.807, 2.05) is 0 Å². The molecule has 4 heteroatoms. The minimum atomic E-state index is 0.205. The lowest BCUT2D eigenvalue weighted by Gasteiger charge is -2.29. The second-order valence-electron chi connectivity index (χ2n) is 5.96. The highest BCUT2D eigenvalue weighted by Gasteiger charge is 2.22. The SMILES string of the molecule is Oc1ccc(O)c(SCCCC(CCl)C2CCCCC2)c1. The predicted octanol–water partition coefficient (Wildman–Crippen LogP) is 5.41. The van der Waals surface area contributed by atoms with E-state index in [1.54, 1.807) is 23.9 Å². The Morgan fingerprint density at radius 2 is 1.95 bits per heavy atom. The molecule has 0 aliphatic heterocycles. The Kier molecular flexibility index (Phi) is 7.05. The molecule has 1 unspecified atom stereocenters. The monoisotopic (exact) mass is 328 g/mol. The van der Waals surface area contributed by atoms with E-state index in [0.29, 0.717) is 5.92 Å². The molecular weight excluding hydrogens is 304 g/mol. The van der Waals surface area contributed by atoms with Gasteiger partial charge in [-0.3, -0.25) is 0 Å². The fourth-order valence-corrected chi connectivity index (χ4v) is 4.55. The van der Waals surface area contributed by atoms with Gasteiger partial charge in [0.25, 0.3) is 0 Å². The van der Waals surface area contributed by atoms with Crippen molar-refractivity contribution < 1.29 is 10.2 Å². The van der Waals surface area contributed by atoms with Gasteiger partial charge in [-0.2, -0.15) is 0 Å². The summed E-state index contributed by atoms with van der Waals surface area (Å²) in [5.74, 6) is 3.64. The summed E-state index contributed by atoms with van der Waals surface area (Å²) < 4.78 is 0. The van der Waals surface area contributed by atoms with E-state index in [0.717, 1.165) is 28.9 Å². The summed E-state index contributed by atoms with van der Waals surface area (Å²) in [6, 6.07) is 4.67. The molecule has 1 atom stereocenters. The average molecular weight is 329 g/mol. The van der Waals surface area contributed by atoms with Crippen LogP contribution < -0.4 is 0 Å². The van der Waals surface area contributed by atoms with Crippen LogP contribution in [0.3, 0.4) is 0 Å². The fraction of sp³-hybridized carbons (Fsp3) is 0.647.